The quantitative estimate of drug-likeness (QED) is 0.537. The van der Waals surface area contributed by atoms with Gasteiger partial charge in [0.15, 0.2) is 5.69 Å². The van der Waals surface area contributed by atoms with Crippen LogP contribution < -0.4 is 21.5 Å². The first-order valence-electron chi connectivity index (χ1n) is 9.62. The molecule has 0 aliphatic rings. The predicted octanol–water partition coefficient (Wildman–Crippen LogP) is 2.75. The smallest absolute Gasteiger partial charge is 0.269 e. The number of carbonyl (C=O) groups excluding carboxylic acids is 2. The Bertz CT molecular complexity index is 1120. The van der Waals surface area contributed by atoms with E-state index >= 15 is 0 Å². The highest BCUT2D eigenvalue weighted by Gasteiger charge is 2.22. The fraction of sp³-hybridized carbons (Fsp3) is 0.227. The first-order valence-corrected chi connectivity index (χ1v) is 9.62. The summed E-state index contributed by atoms with van der Waals surface area (Å²) in [5.74, 6) is -1.35. The standard InChI is InChI=1S/C22H24FN5O3/c1-12(2)19-18(24)20(21(25)29)28(27-19)15-7-4-13(5-8-15)11-26-22(30)16-10-14(23)6-9-17(16)31-3/h4-10,12H,11,24H2,1-3H3,(H2,25,29)(H,26,30). The minimum atomic E-state index is -0.669. The van der Waals surface area contributed by atoms with E-state index in [4.69, 9.17) is 16.2 Å². The van der Waals surface area contributed by atoms with E-state index in [0.717, 1.165) is 11.6 Å². The summed E-state index contributed by atoms with van der Waals surface area (Å²) in [6.07, 6.45) is 0. The molecular formula is C22H24FN5O3. The number of nitrogens with zero attached hydrogens (tertiary/aromatic N) is 2. The van der Waals surface area contributed by atoms with E-state index in [9.17, 15) is 14.0 Å². The molecule has 8 nitrogen and oxygen atoms in total. The zero-order valence-corrected chi connectivity index (χ0v) is 17.5. The largest absolute Gasteiger partial charge is 0.496 e. The van der Waals surface area contributed by atoms with Crippen LogP contribution >= 0.6 is 0 Å². The van der Waals surface area contributed by atoms with Crippen LogP contribution in [0.5, 0.6) is 5.75 Å². The van der Waals surface area contributed by atoms with Crippen LogP contribution in [0.4, 0.5) is 10.1 Å². The number of rotatable bonds is 7. The van der Waals surface area contributed by atoms with Gasteiger partial charge in [-0.05, 0) is 41.8 Å². The molecule has 0 aliphatic heterocycles. The maximum atomic E-state index is 13.5. The van der Waals surface area contributed by atoms with Crippen molar-refractivity contribution in [3.8, 4) is 11.4 Å². The van der Waals surface area contributed by atoms with Gasteiger partial charge in [-0.1, -0.05) is 26.0 Å². The fourth-order valence-corrected chi connectivity index (χ4v) is 3.19. The number of amides is 2. The van der Waals surface area contributed by atoms with Crippen LogP contribution in [0.2, 0.25) is 0 Å². The Kier molecular flexibility index (Phi) is 6.24. The molecule has 0 spiro atoms. The lowest BCUT2D eigenvalue weighted by atomic mass is 10.1. The number of ether oxygens (including phenoxy) is 1. The van der Waals surface area contributed by atoms with E-state index < -0.39 is 17.6 Å². The second-order valence-electron chi connectivity index (χ2n) is 7.27. The van der Waals surface area contributed by atoms with Gasteiger partial charge in [-0.2, -0.15) is 5.10 Å². The van der Waals surface area contributed by atoms with Crippen molar-refractivity contribution in [3.05, 3.63) is 70.8 Å². The molecule has 0 saturated carbocycles. The molecule has 2 aromatic carbocycles. The number of primary amides is 1. The zero-order valence-electron chi connectivity index (χ0n) is 17.5. The van der Waals surface area contributed by atoms with Crippen molar-refractivity contribution in [3.63, 3.8) is 0 Å². The van der Waals surface area contributed by atoms with E-state index in [1.54, 1.807) is 24.3 Å². The molecule has 0 bridgehead atoms. The number of nitrogen functional groups attached to an aromatic ring is 1. The van der Waals surface area contributed by atoms with E-state index in [2.05, 4.69) is 10.4 Å². The molecule has 0 atom stereocenters. The van der Waals surface area contributed by atoms with Gasteiger partial charge in [-0.3, -0.25) is 9.59 Å². The third-order valence-electron chi connectivity index (χ3n) is 4.77. The lowest BCUT2D eigenvalue weighted by Gasteiger charge is -2.10. The van der Waals surface area contributed by atoms with Crippen LogP contribution in [0.25, 0.3) is 5.69 Å². The summed E-state index contributed by atoms with van der Waals surface area (Å²) in [5, 5.41) is 7.18. The molecule has 2 amide bonds. The van der Waals surface area contributed by atoms with Crippen molar-refractivity contribution in [1.82, 2.24) is 15.1 Å². The molecule has 0 aliphatic carbocycles. The Hall–Kier alpha value is -3.88. The van der Waals surface area contributed by atoms with Crippen LogP contribution in [0.15, 0.2) is 42.5 Å². The van der Waals surface area contributed by atoms with Crippen molar-refractivity contribution in [2.24, 2.45) is 5.73 Å². The summed E-state index contributed by atoms with van der Waals surface area (Å²) in [5.41, 5.74) is 14.1. The maximum Gasteiger partial charge on any atom is 0.269 e. The lowest BCUT2D eigenvalue weighted by molar-refractivity contribution is 0.0946. The molecule has 3 rings (SSSR count). The van der Waals surface area contributed by atoms with Crippen molar-refractivity contribution >= 4 is 17.5 Å². The van der Waals surface area contributed by atoms with Crippen molar-refractivity contribution in [2.45, 2.75) is 26.3 Å². The molecule has 0 fully saturated rings. The molecule has 0 radical (unpaired) electrons. The van der Waals surface area contributed by atoms with Gasteiger partial charge in [0.05, 0.1) is 29.7 Å². The van der Waals surface area contributed by atoms with Crippen molar-refractivity contribution in [1.29, 1.82) is 0 Å². The second kappa shape index (κ2) is 8.86. The van der Waals surface area contributed by atoms with Gasteiger partial charge in [0, 0.05) is 6.54 Å². The molecule has 1 aromatic heterocycles. The first kappa shape index (κ1) is 21.8. The molecule has 1 heterocycles. The molecule has 0 saturated heterocycles. The minimum Gasteiger partial charge on any atom is -0.496 e. The van der Waals surface area contributed by atoms with Crippen LogP contribution in [-0.4, -0.2) is 28.7 Å². The Labute approximate surface area is 179 Å². The third-order valence-corrected chi connectivity index (χ3v) is 4.77. The zero-order chi connectivity index (χ0) is 22.7. The Balaban J connectivity index is 1.79. The highest BCUT2D eigenvalue weighted by molar-refractivity contribution is 5.98. The summed E-state index contributed by atoms with van der Waals surface area (Å²) >= 11 is 0. The fourth-order valence-electron chi connectivity index (χ4n) is 3.19. The number of carbonyl (C=O) groups is 2. The normalized spacial score (nSPS) is 10.9. The van der Waals surface area contributed by atoms with Gasteiger partial charge in [0.25, 0.3) is 11.8 Å². The minimum absolute atomic E-state index is 0.0219. The van der Waals surface area contributed by atoms with E-state index in [0.29, 0.717) is 11.4 Å². The number of hydrogen-bond donors (Lipinski definition) is 3. The van der Waals surface area contributed by atoms with E-state index in [1.165, 1.54) is 23.9 Å². The average molecular weight is 425 g/mol. The highest BCUT2D eigenvalue weighted by Crippen LogP contribution is 2.26. The summed E-state index contributed by atoms with van der Waals surface area (Å²) in [6.45, 7) is 4.06. The van der Waals surface area contributed by atoms with Gasteiger partial charge >= 0.3 is 0 Å². The number of benzene rings is 2. The Morgan fingerprint density at radius 3 is 2.45 bits per heavy atom. The van der Waals surface area contributed by atoms with Gasteiger partial charge < -0.3 is 21.5 Å². The maximum absolute atomic E-state index is 13.5. The SMILES string of the molecule is COc1ccc(F)cc1C(=O)NCc1ccc(-n2nc(C(C)C)c(N)c2C(N)=O)cc1. The molecule has 3 aromatic rings. The summed E-state index contributed by atoms with van der Waals surface area (Å²) in [4.78, 5) is 24.3. The number of halogens is 1. The first-order chi connectivity index (χ1) is 14.7. The van der Waals surface area contributed by atoms with Crippen molar-refractivity contribution in [2.75, 3.05) is 12.8 Å². The van der Waals surface area contributed by atoms with Crippen LogP contribution in [-0.2, 0) is 6.54 Å². The lowest BCUT2D eigenvalue weighted by Crippen LogP contribution is -2.23. The predicted molar refractivity (Wildman–Crippen MR) is 115 cm³/mol. The Morgan fingerprint density at radius 2 is 1.87 bits per heavy atom. The number of nitrogens with one attached hydrogen (secondary N) is 1. The summed E-state index contributed by atoms with van der Waals surface area (Å²) in [6, 6.07) is 10.8. The summed E-state index contributed by atoms with van der Waals surface area (Å²) < 4.78 is 20.0. The van der Waals surface area contributed by atoms with Crippen LogP contribution in [0, 0.1) is 5.82 Å². The molecular weight excluding hydrogens is 401 g/mol. The number of hydrogen-bond acceptors (Lipinski definition) is 5. The number of anilines is 1. The summed E-state index contributed by atoms with van der Waals surface area (Å²) in [7, 11) is 1.41. The monoisotopic (exact) mass is 425 g/mol. The number of aromatic nitrogens is 2. The van der Waals surface area contributed by atoms with Gasteiger partial charge in [-0.25, -0.2) is 9.07 Å². The number of nitrogens with two attached hydrogens (primary N) is 2. The molecule has 9 heteroatoms. The van der Waals surface area contributed by atoms with Crippen LogP contribution in [0.3, 0.4) is 0 Å². The highest BCUT2D eigenvalue weighted by atomic mass is 19.1. The van der Waals surface area contributed by atoms with E-state index in [-0.39, 0.29) is 35.2 Å². The molecule has 0 unspecified atom stereocenters. The molecule has 162 valence electrons. The topological polar surface area (TPSA) is 125 Å². The van der Waals surface area contributed by atoms with Crippen LogP contribution in [0.1, 0.15) is 51.9 Å². The Morgan fingerprint density at radius 1 is 1.19 bits per heavy atom. The number of methoxy groups -OCH3 is 1. The van der Waals surface area contributed by atoms with Gasteiger partial charge in [0.1, 0.15) is 11.6 Å². The second-order valence-corrected chi connectivity index (χ2v) is 7.27. The molecule has 5 N–H and O–H groups in total. The third kappa shape index (κ3) is 4.50. The van der Waals surface area contributed by atoms with Gasteiger partial charge in [-0.15, -0.1) is 0 Å². The van der Waals surface area contributed by atoms with Gasteiger partial charge in [0.2, 0.25) is 0 Å². The van der Waals surface area contributed by atoms with Crippen molar-refractivity contribution < 1.29 is 18.7 Å². The van der Waals surface area contributed by atoms with E-state index in [1.807, 2.05) is 13.8 Å². The average Bonchev–Trinajstić information content (AvgIpc) is 3.10. The molecule has 31 heavy (non-hydrogen) atoms.